The maximum Gasteiger partial charge on any atom is 0.328 e. The van der Waals surface area contributed by atoms with E-state index in [1.165, 1.54) is 6.20 Å². The normalized spacial score (nSPS) is 31.8. The predicted octanol–water partition coefficient (Wildman–Crippen LogP) is -0.607. The van der Waals surface area contributed by atoms with Gasteiger partial charge in [0.25, 0.3) is 5.56 Å². The third kappa shape index (κ3) is 2.24. The molecule has 1 aromatic heterocycles. The van der Waals surface area contributed by atoms with Gasteiger partial charge in [0, 0.05) is 12.1 Å². The van der Waals surface area contributed by atoms with Crippen molar-refractivity contribution in [1.29, 1.82) is 0 Å². The molecule has 1 aromatic rings. The van der Waals surface area contributed by atoms with Gasteiger partial charge in [-0.25, -0.2) is 9.18 Å². The summed E-state index contributed by atoms with van der Waals surface area (Å²) in [5.41, 5.74) is -1.23. The molecule has 100 valence electrons. The second kappa shape index (κ2) is 5.10. The molecule has 0 amide bonds. The second-order valence-corrected chi connectivity index (χ2v) is 5.47. The van der Waals surface area contributed by atoms with Gasteiger partial charge in [-0.3, -0.25) is 14.3 Å². The molecule has 1 aliphatic rings. The SMILES string of the molecule is O=c1[nH]c(=O)n([C@H]2C[C@H](O)[C@@H](CO)[C@@H]2F)cc1I. The predicted molar refractivity (Wildman–Crippen MR) is 69.2 cm³/mol. The van der Waals surface area contributed by atoms with Gasteiger partial charge >= 0.3 is 5.69 Å². The highest BCUT2D eigenvalue weighted by Crippen LogP contribution is 2.36. The number of hydrogen-bond donors (Lipinski definition) is 3. The number of aliphatic hydroxyl groups is 2. The highest BCUT2D eigenvalue weighted by Gasteiger charge is 2.44. The van der Waals surface area contributed by atoms with Crippen LogP contribution in [0.3, 0.4) is 0 Å². The number of nitrogens with one attached hydrogen (secondary N) is 1. The minimum atomic E-state index is -1.52. The van der Waals surface area contributed by atoms with E-state index in [9.17, 15) is 19.1 Å². The molecule has 0 aliphatic heterocycles. The quantitative estimate of drug-likeness (QED) is 0.606. The van der Waals surface area contributed by atoms with Crippen molar-refractivity contribution in [1.82, 2.24) is 9.55 Å². The highest BCUT2D eigenvalue weighted by atomic mass is 127. The van der Waals surface area contributed by atoms with Gasteiger partial charge in [-0.2, -0.15) is 0 Å². The maximum atomic E-state index is 14.0. The number of halogens is 2. The van der Waals surface area contributed by atoms with Crippen LogP contribution < -0.4 is 11.2 Å². The Balaban J connectivity index is 2.42. The monoisotopic (exact) mass is 370 g/mol. The number of alkyl halides is 1. The van der Waals surface area contributed by atoms with E-state index >= 15 is 0 Å². The first kappa shape index (κ1) is 13.7. The smallest absolute Gasteiger partial charge is 0.328 e. The molecule has 0 spiro atoms. The van der Waals surface area contributed by atoms with E-state index < -0.39 is 42.1 Å². The van der Waals surface area contributed by atoms with Crippen LogP contribution in [0.4, 0.5) is 4.39 Å². The van der Waals surface area contributed by atoms with Gasteiger partial charge in [-0.1, -0.05) is 0 Å². The fraction of sp³-hybridized carbons (Fsp3) is 0.600. The third-order valence-electron chi connectivity index (χ3n) is 3.25. The van der Waals surface area contributed by atoms with Crippen LogP contribution in [0.5, 0.6) is 0 Å². The summed E-state index contributed by atoms with van der Waals surface area (Å²) in [6.45, 7) is -0.478. The Morgan fingerprint density at radius 3 is 2.78 bits per heavy atom. The summed E-state index contributed by atoms with van der Waals surface area (Å²) in [7, 11) is 0. The lowest BCUT2D eigenvalue weighted by molar-refractivity contribution is 0.0591. The molecule has 6 nitrogen and oxygen atoms in total. The maximum absolute atomic E-state index is 14.0. The zero-order valence-corrected chi connectivity index (χ0v) is 11.4. The van der Waals surface area contributed by atoms with E-state index in [1.54, 1.807) is 22.6 Å². The number of aromatic amines is 1. The molecule has 0 unspecified atom stereocenters. The number of hydrogen-bond acceptors (Lipinski definition) is 4. The zero-order valence-electron chi connectivity index (χ0n) is 9.22. The van der Waals surface area contributed by atoms with Gasteiger partial charge < -0.3 is 10.2 Å². The van der Waals surface area contributed by atoms with Crippen LogP contribution in [-0.4, -0.2) is 38.6 Å². The van der Waals surface area contributed by atoms with Crippen molar-refractivity contribution < 1.29 is 14.6 Å². The Morgan fingerprint density at radius 1 is 1.56 bits per heavy atom. The number of H-pyrrole nitrogens is 1. The van der Waals surface area contributed by atoms with Crippen LogP contribution in [0, 0.1) is 9.49 Å². The summed E-state index contributed by atoms with van der Waals surface area (Å²) in [6.07, 6.45) is -1.21. The lowest BCUT2D eigenvalue weighted by Crippen LogP contribution is -2.36. The fourth-order valence-corrected chi connectivity index (χ4v) is 2.68. The van der Waals surface area contributed by atoms with Crippen molar-refractivity contribution in [3.63, 3.8) is 0 Å². The molecule has 1 heterocycles. The Kier molecular flexibility index (Phi) is 3.87. The first-order valence-corrected chi connectivity index (χ1v) is 6.47. The van der Waals surface area contributed by atoms with E-state index in [2.05, 4.69) is 4.98 Å². The standard InChI is InChI=1S/C10H12FIN2O4/c11-8-4(3-15)7(16)1-6(8)14-2-5(12)9(17)13-10(14)18/h2,4,6-8,15-16H,1,3H2,(H,13,17,18)/t4-,6+,7+,8+/m1/s1. The van der Waals surface area contributed by atoms with Crippen molar-refractivity contribution in [2.24, 2.45) is 5.92 Å². The number of rotatable bonds is 2. The molecule has 4 atom stereocenters. The topological polar surface area (TPSA) is 95.3 Å². The minimum absolute atomic E-state index is 0.0361. The summed E-state index contributed by atoms with van der Waals surface area (Å²) < 4.78 is 15.4. The zero-order chi connectivity index (χ0) is 13.4. The molecule has 1 fully saturated rings. The van der Waals surface area contributed by atoms with E-state index in [1.807, 2.05) is 0 Å². The fourth-order valence-electron chi connectivity index (χ4n) is 2.25. The van der Waals surface area contributed by atoms with Crippen LogP contribution in [-0.2, 0) is 0 Å². The Bertz CT molecular complexity index is 558. The average Bonchev–Trinajstić information content (AvgIpc) is 2.59. The first-order chi connectivity index (χ1) is 8.45. The number of aliphatic hydroxyl groups excluding tert-OH is 2. The van der Waals surface area contributed by atoms with Crippen molar-refractivity contribution in [2.75, 3.05) is 6.61 Å². The van der Waals surface area contributed by atoms with E-state index in [4.69, 9.17) is 5.11 Å². The third-order valence-corrected chi connectivity index (χ3v) is 4.01. The molecule has 0 radical (unpaired) electrons. The molecule has 0 bridgehead atoms. The largest absolute Gasteiger partial charge is 0.396 e. The molecule has 1 saturated carbocycles. The first-order valence-electron chi connectivity index (χ1n) is 5.39. The lowest BCUT2D eigenvalue weighted by Gasteiger charge is -2.17. The van der Waals surface area contributed by atoms with Crippen molar-refractivity contribution in [2.45, 2.75) is 24.7 Å². The summed E-state index contributed by atoms with van der Waals surface area (Å²) in [6, 6.07) is -0.866. The molecule has 1 aliphatic carbocycles. The van der Waals surface area contributed by atoms with Gasteiger partial charge in [-0.15, -0.1) is 0 Å². The minimum Gasteiger partial charge on any atom is -0.396 e. The molecule has 0 saturated heterocycles. The Hall–Kier alpha value is -0.740. The van der Waals surface area contributed by atoms with Crippen LogP contribution >= 0.6 is 22.6 Å². The van der Waals surface area contributed by atoms with Gasteiger partial charge in [0.05, 0.1) is 22.3 Å². The summed E-state index contributed by atoms with van der Waals surface area (Å²) in [5.74, 6) is -0.897. The van der Waals surface area contributed by atoms with Crippen LogP contribution in [0.15, 0.2) is 15.8 Å². The summed E-state index contributed by atoms with van der Waals surface area (Å²) in [4.78, 5) is 24.9. The summed E-state index contributed by atoms with van der Waals surface area (Å²) >= 11 is 1.74. The van der Waals surface area contributed by atoms with Crippen LogP contribution in [0.2, 0.25) is 0 Å². The molecular weight excluding hydrogens is 358 g/mol. The van der Waals surface area contributed by atoms with Crippen molar-refractivity contribution in [3.05, 3.63) is 30.6 Å². The second-order valence-electron chi connectivity index (χ2n) is 4.30. The lowest BCUT2D eigenvalue weighted by atomic mass is 10.1. The Morgan fingerprint density at radius 2 is 2.22 bits per heavy atom. The van der Waals surface area contributed by atoms with E-state index in [0.29, 0.717) is 0 Å². The molecule has 8 heteroatoms. The molecule has 18 heavy (non-hydrogen) atoms. The average molecular weight is 370 g/mol. The van der Waals surface area contributed by atoms with Gasteiger partial charge in [0.2, 0.25) is 0 Å². The molecule has 3 N–H and O–H groups in total. The van der Waals surface area contributed by atoms with Crippen molar-refractivity contribution >= 4 is 22.6 Å². The van der Waals surface area contributed by atoms with Crippen LogP contribution in [0.1, 0.15) is 12.5 Å². The Labute approximate surface area is 115 Å². The highest BCUT2D eigenvalue weighted by molar-refractivity contribution is 14.1. The summed E-state index contributed by atoms with van der Waals surface area (Å²) in [5, 5.41) is 18.6. The van der Waals surface area contributed by atoms with E-state index in [-0.39, 0.29) is 9.99 Å². The van der Waals surface area contributed by atoms with Crippen molar-refractivity contribution in [3.8, 4) is 0 Å². The van der Waals surface area contributed by atoms with Gasteiger partial charge in [0.15, 0.2) is 0 Å². The van der Waals surface area contributed by atoms with Crippen LogP contribution in [0.25, 0.3) is 0 Å². The van der Waals surface area contributed by atoms with E-state index in [0.717, 1.165) is 4.57 Å². The number of nitrogens with zero attached hydrogens (tertiary/aromatic N) is 1. The van der Waals surface area contributed by atoms with Gasteiger partial charge in [-0.05, 0) is 29.0 Å². The molecule has 2 rings (SSSR count). The molecule has 0 aromatic carbocycles. The van der Waals surface area contributed by atoms with Gasteiger partial charge in [0.1, 0.15) is 6.17 Å². The number of aromatic nitrogens is 2. The molecular formula is C10H12FIN2O4.